The van der Waals surface area contributed by atoms with Gasteiger partial charge in [-0.2, -0.15) is 0 Å². The molecule has 0 aliphatic rings. The Morgan fingerprint density at radius 2 is 1.90 bits per heavy atom. The van der Waals surface area contributed by atoms with Crippen molar-refractivity contribution >= 4 is 11.3 Å². The van der Waals surface area contributed by atoms with Gasteiger partial charge < -0.3 is 10.2 Å². The van der Waals surface area contributed by atoms with E-state index in [-0.39, 0.29) is 0 Å². The van der Waals surface area contributed by atoms with E-state index in [4.69, 9.17) is 0 Å². The van der Waals surface area contributed by atoms with E-state index >= 15 is 0 Å². The molecule has 0 aliphatic heterocycles. The maximum absolute atomic E-state index is 3.65. The van der Waals surface area contributed by atoms with Crippen molar-refractivity contribution in [3.8, 4) is 0 Å². The minimum Gasteiger partial charge on any atom is -0.314 e. The molecular formula is C18H34N2S. The van der Waals surface area contributed by atoms with Crippen LogP contribution in [0.4, 0.5) is 0 Å². The zero-order chi connectivity index (χ0) is 15.9. The van der Waals surface area contributed by atoms with Crippen molar-refractivity contribution in [1.82, 2.24) is 10.2 Å². The maximum Gasteiger partial charge on any atom is 0.0112 e. The topological polar surface area (TPSA) is 15.3 Å². The van der Waals surface area contributed by atoms with E-state index in [9.17, 15) is 0 Å². The van der Waals surface area contributed by atoms with E-state index in [1.807, 2.05) is 11.3 Å². The summed E-state index contributed by atoms with van der Waals surface area (Å²) in [5, 5.41) is 5.83. The van der Waals surface area contributed by atoms with E-state index in [0.717, 1.165) is 13.0 Å². The third-order valence-corrected chi connectivity index (χ3v) is 5.70. The Balaban J connectivity index is 2.59. The van der Waals surface area contributed by atoms with Crippen LogP contribution in [0.1, 0.15) is 52.3 Å². The SMILES string of the molecule is CCC(CC)(CNC(C)C)CN(C)C(C)Cc1cccs1. The van der Waals surface area contributed by atoms with Crippen molar-refractivity contribution < 1.29 is 0 Å². The summed E-state index contributed by atoms with van der Waals surface area (Å²) >= 11 is 1.87. The molecular weight excluding hydrogens is 276 g/mol. The van der Waals surface area contributed by atoms with Gasteiger partial charge in [-0.3, -0.25) is 0 Å². The van der Waals surface area contributed by atoms with Crippen LogP contribution >= 0.6 is 11.3 Å². The minimum absolute atomic E-state index is 0.392. The number of nitrogens with one attached hydrogen (secondary N) is 1. The van der Waals surface area contributed by atoms with Gasteiger partial charge in [0.05, 0.1) is 0 Å². The minimum atomic E-state index is 0.392. The first-order chi connectivity index (χ1) is 9.92. The average molecular weight is 311 g/mol. The fraction of sp³-hybridized carbons (Fsp3) is 0.778. The molecule has 0 aromatic carbocycles. The van der Waals surface area contributed by atoms with Crippen LogP contribution in [0, 0.1) is 5.41 Å². The summed E-state index contributed by atoms with van der Waals surface area (Å²) < 4.78 is 0. The van der Waals surface area contributed by atoms with Crippen LogP contribution in [0.2, 0.25) is 0 Å². The highest BCUT2D eigenvalue weighted by Crippen LogP contribution is 2.28. The number of likely N-dealkylation sites (N-methyl/N-ethyl adjacent to an activating group) is 1. The Hall–Kier alpha value is -0.380. The van der Waals surface area contributed by atoms with Gasteiger partial charge >= 0.3 is 0 Å². The number of rotatable bonds is 10. The van der Waals surface area contributed by atoms with Crippen LogP contribution in [0.5, 0.6) is 0 Å². The molecule has 1 unspecified atom stereocenters. The van der Waals surface area contributed by atoms with Gasteiger partial charge in [-0.25, -0.2) is 0 Å². The zero-order valence-corrected chi connectivity index (χ0v) is 15.6. The fourth-order valence-corrected chi connectivity index (χ4v) is 3.59. The number of hydrogen-bond donors (Lipinski definition) is 1. The first-order valence-corrected chi connectivity index (χ1v) is 9.26. The van der Waals surface area contributed by atoms with Gasteiger partial charge in [-0.1, -0.05) is 33.8 Å². The summed E-state index contributed by atoms with van der Waals surface area (Å²) in [6.45, 7) is 13.8. The molecule has 1 aromatic rings. The van der Waals surface area contributed by atoms with E-state index < -0.39 is 0 Å². The summed E-state index contributed by atoms with van der Waals surface area (Å²) in [5.74, 6) is 0. The smallest absolute Gasteiger partial charge is 0.0112 e. The maximum atomic E-state index is 3.65. The molecule has 0 amide bonds. The van der Waals surface area contributed by atoms with Gasteiger partial charge in [0.15, 0.2) is 0 Å². The Bertz CT molecular complexity index is 369. The molecule has 122 valence electrons. The lowest BCUT2D eigenvalue weighted by Crippen LogP contribution is -2.46. The van der Waals surface area contributed by atoms with E-state index in [1.54, 1.807) is 0 Å². The van der Waals surface area contributed by atoms with Crippen molar-refractivity contribution in [1.29, 1.82) is 0 Å². The summed E-state index contributed by atoms with van der Waals surface area (Å²) in [6, 6.07) is 5.57. The largest absolute Gasteiger partial charge is 0.314 e. The van der Waals surface area contributed by atoms with Gasteiger partial charge in [-0.15, -0.1) is 11.3 Å². The Labute approximate surface area is 135 Å². The lowest BCUT2D eigenvalue weighted by molar-refractivity contribution is 0.125. The third kappa shape index (κ3) is 6.09. The van der Waals surface area contributed by atoms with Crippen molar-refractivity contribution in [3.05, 3.63) is 22.4 Å². The molecule has 0 bridgehead atoms. The molecule has 1 aromatic heterocycles. The van der Waals surface area contributed by atoms with Crippen molar-refractivity contribution in [2.75, 3.05) is 20.1 Å². The molecule has 0 saturated heterocycles. The van der Waals surface area contributed by atoms with Gasteiger partial charge in [0, 0.05) is 30.1 Å². The van der Waals surface area contributed by atoms with Crippen LogP contribution in [0.3, 0.4) is 0 Å². The molecule has 1 atom stereocenters. The molecule has 0 saturated carbocycles. The van der Waals surface area contributed by atoms with E-state index in [1.165, 1.54) is 24.3 Å². The summed E-state index contributed by atoms with van der Waals surface area (Å²) in [4.78, 5) is 4.04. The highest BCUT2D eigenvalue weighted by Gasteiger charge is 2.29. The lowest BCUT2D eigenvalue weighted by atomic mass is 9.81. The quantitative estimate of drug-likeness (QED) is 0.688. The Morgan fingerprint density at radius 1 is 1.24 bits per heavy atom. The first-order valence-electron chi connectivity index (χ1n) is 8.38. The highest BCUT2D eigenvalue weighted by atomic mass is 32.1. The molecule has 0 aliphatic carbocycles. The summed E-state index contributed by atoms with van der Waals surface area (Å²) in [6.07, 6.45) is 3.63. The van der Waals surface area contributed by atoms with Crippen molar-refractivity contribution in [2.45, 2.75) is 66.0 Å². The van der Waals surface area contributed by atoms with Crippen LogP contribution in [-0.2, 0) is 6.42 Å². The summed E-state index contributed by atoms with van der Waals surface area (Å²) in [7, 11) is 2.29. The van der Waals surface area contributed by atoms with Gasteiger partial charge in [0.25, 0.3) is 0 Å². The van der Waals surface area contributed by atoms with Crippen LogP contribution < -0.4 is 5.32 Å². The molecule has 21 heavy (non-hydrogen) atoms. The molecule has 0 radical (unpaired) electrons. The van der Waals surface area contributed by atoms with Gasteiger partial charge in [0.2, 0.25) is 0 Å². The van der Waals surface area contributed by atoms with Crippen molar-refractivity contribution in [2.24, 2.45) is 5.41 Å². The highest BCUT2D eigenvalue weighted by molar-refractivity contribution is 7.09. The van der Waals surface area contributed by atoms with Gasteiger partial charge in [0.1, 0.15) is 0 Å². The average Bonchev–Trinajstić information content (AvgIpc) is 2.96. The zero-order valence-electron chi connectivity index (χ0n) is 14.8. The standard InChI is InChI=1S/C18H34N2S/c1-7-18(8-2,13-19-15(3)4)14-20(6)16(5)12-17-10-9-11-21-17/h9-11,15-16,19H,7-8,12-14H2,1-6H3. The second-order valence-corrected chi connectivity index (χ2v) is 7.82. The molecule has 0 fully saturated rings. The third-order valence-electron chi connectivity index (χ3n) is 4.80. The van der Waals surface area contributed by atoms with Crippen LogP contribution in [-0.4, -0.2) is 37.1 Å². The Morgan fingerprint density at radius 3 is 2.38 bits per heavy atom. The molecule has 1 heterocycles. The van der Waals surface area contributed by atoms with Gasteiger partial charge in [-0.05, 0) is 50.1 Å². The molecule has 0 spiro atoms. The molecule has 2 nitrogen and oxygen atoms in total. The normalized spacial score (nSPS) is 14.1. The predicted molar refractivity (Wildman–Crippen MR) is 96.3 cm³/mol. The molecule has 1 rings (SSSR count). The molecule has 3 heteroatoms. The van der Waals surface area contributed by atoms with Crippen LogP contribution in [0.25, 0.3) is 0 Å². The lowest BCUT2D eigenvalue weighted by Gasteiger charge is -2.39. The second-order valence-electron chi connectivity index (χ2n) is 6.79. The Kier molecular flexibility index (Phi) is 7.93. The number of nitrogens with zero attached hydrogens (tertiary/aromatic N) is 1. The second kappa shape index (κ2) is 8.92. The number of hydrogen-bond acceptors (Lipinski definition) is 3. The fourth-order valence-electron chi connectivity index (χ4n) is 2.76. The van der Waals surface area contributed by atoms with E-state index in [2.05, 4.69) is 69.4 Å². The van der Waals surface area contributed by atoms with Crippen molar-refractivity contribution in [3.63, 3.8) is 0 Å². The first kappa shape index (κ1) is 18.7. The summed E-state index contributed by atoms with van der Waals surface area (Å²) in [5.41, 5.74) is 0.392. The van der Waals surface area contributed by atoms with Crippen LogP contribution in [0.15, 0.2) is 17.5 Å². The monoisotopic (exact) mass is 310 g/mol. The number of thiophene rings is 1. The molecule has 1 N–H and O–H groups in total. The van der Waals surface area contributed by atoms with E-state index in [0.29, 0.717) is 17.5 Å². The predicted octanol–water partition coefficient (Wildman–Crippen LogP) is 4.42.